The maximum Gasteiger partial charge on any atom is 0.534 e. The number of ether oxygens (including phenoxy) is 2. The summed E-state index contributed by atoms with van der Waals surface area (Å²) in [6.07, 6.45) is 0.795. The first-order valence-corrected chi connectivity index (χ1v) is 9.27. The topological polar surface area (TPSA) is 82.1 Å². The first-order valence-electron chi connectivity index (χ1n) is 7.86. The number of hydrogen-bond acceptors (Lipinski definition) is 7. The highest BCUT2D eigenvalue weighted by Crippen LogP contribution is 2.32. The normalized spacial score (nSPS) is 17.9. The first kappa shape index (κ1) is 20.9. The number of anilines is 1. The molecule has 150 valence electrons. The lowest BCUT2D eigenvalue weighted by atomic mass is 10.1. The van der Waals surface area contributed by atoms with Crippen LogP contribution in [0.3, 0.4) is 0 Å². The van der Waals surface area contributed by atoms with Gasteiger partial charge in [0.15, 0.2) is 0 Å². The van der Waals surface area contributed by atoms with E-state index in [0.717, 1.165) is 0 Å². The Labute approximate surface area is 154 Å². The molecular weight excluding hydrogens is 391 g/mol. The average Bonchev–Trinajstić information content (AvgIpc) is 2.61. The minimum Gasteiger partial charge on any atom is -0.497 e. The van der Waals surface area contributed by atoms with Crippen molar-refractivity contribution in [3.63, 3.8) is 0 Å². The average molecular weight is 409 g/mol. The van der Waals surface area contributed by atoms with Gasteiger partial charge in [0.05, 0.1) is 13.7 Å². The summed E-state index contributed by atoms with van der Waals surface area (Å²) < 4.78 is 74.2. The second kappa shape index (κ2) is 8.07. The smallest absolute Gasteiger partial charge is 0.497 e. The predicted molar refractivity (Wildman–Crippen MR) is 89.5 cm³/mol. The highest BCUT2D eigenvalue weighted by molar-refractivity contribution is 7.87. The monoisotopic (exact) mass is 409 g/mol. The van der Waals surface area contributed by atoms with Crippen LogP contribution in [0, 0.1) is 0 Å². The molecule has 1 aliphatic heterocycles. The maximum absolute atomic E-state index is 12.5. The highest BCUT2D eigenvalue weighted by Gasteiger charge is 2.49. The zero-order valence-electron chi connectivity index (χ0n) is 14.5. The van der Waals surface area contributed by atoms with Gasteiger partial charge in [-0.1, -0.05) is 0 Å². The van der Waals surface area contributed by atoms with Crippen molar-refractivity contribution in [2.24, 2.45) is 0 Å². The van der Waals surface area contributed by atoms with Gasteiger partial charge < -0.3 is 18.6 Å². The van der Waals surface area contributed by atoms with Gasteiger partial charge in [-0.3, -0.25) is 0 Å². The Kier molecular flexibility index (Phi) is 6.24. The summed E-state index contributed by atoms with van der Waals surface area (Å²) in [6.45, 7) is 1.60. The summed E-state index contributed by atoms with van der Waals surface area (Å²) in [5, 5.41) is 0. The fraction of sp³-hybridized carbons (Fsp3) is 0.438. The second-order valence-corrected chi connectivity index (χ2v) is 7.01. The van der Waals surface area contributed by atoms with Gasteiger partial charge in [-0.15, -0.1) is 0 Å². The lowest BCUT2D eigenvalue weighted by molar-refractivity contribution is -0.145. The molecule has 1 aliphatic rings. The number of benzene rings is 1. The summed E-state index contributed by atoms with van der Waals surface area (Å²) in [6, 6.07) is 5.60. The summed E-state index contributed by atoms with van der Waals surface area (Å²) in [5.74, 6) is -0.582. The minimum atomic E-state index is -5.81. The third kappa shape index (κ3) is 4.85. The van der Waals surface area contributed by atoms with Crippen LogP contribution in [0.25, 0.3) is 0 Å². The van der Waals surface area contributed by atoms with Gasteiger partial charge in [-0.2, -0.15) is 21.6 Å². The van der Waals surface area contributed by atoms with Crippen LogP contribution in [0.1, 0.15) is 13.3 Å². The fourth-order valence-corrected chi connectivity index (χ4v) is 2.99. The zero-order valence-corrected chi connectivity index (χ0v) is 15.3. The molecule has 1 aromatic carbocycles. The van der Waals surface area contributed by atoms with Gasteiger partial charge in [0.2, 0.25) is 0 Å². The van der Waals surface area contributed by atoms with Crippen LogP contribution >= 0.6 is 0 Å². The van der Waals surface area contributed by atoms with Crippen molar-refractivity contribution in [1.82, 2.24) is 0 Å². The standard InChI is InChI=1S/C16H18F3NO6S/c1-3-25-15(21)14-10-13(26-27(22,23)16(17,18)19)8-9-20(14)11-4-6-12(24-2)7-5-11/h4-8,14H,3,9-10H2,1-2H3/t14-/m0/s1. The Bertz CT molecular complexity index is 804. The maximum atomic E-state index is 12.5. The SMILES string of the molecule is CCOC(=O)[C@@H]1CC(OS(=O)(=O)C(F)(F)F)=CCN1c1ccc(OC)cc1. The van der Waals surface area contributed by atoms with Crippen molar-refractivity contribution >= 4 is 21.8 Å². The van der Waals surface area contributed by atoms with Gasteiger partial charge in [0, 0.05) is 18.7 Å². The number of hydrogen-bond donors (Lipinski definition) is 0. The third-order valence-corrected chi connectivity index (χ3v) is 4.75. The van der Waals surface area contributed by atoms with Crippen LogP contribution in [-0.4, -0.2) is 46.2 Å². The molecule has 0 fully saturated rings. The molecule has 7 nitrogen and oxygen atoms in total. The van der Waals surface area contributed by atoms with Crippen LogP contribution in [-0.2, 0) is 23.8 Å². The van der Waals surface area contributed by atoms with Crippen LogP contribution in [0.5, 0.6) is 5.75 Å². The van der Waals surface area contributed by atoms with Gasteiger partial charge >= 0.3 is 21.6 Å². The van der Waals surface area contributed by atoms with Crippen molar-refractivity contribution in [2.75, 3.05) is 25.2 Å². The Morgan fingerprint density at radius 2 is 1.89 bits per heavy atom. The Morgan fingerprint density at radius 1 is 1.26 bits per heavy atom. The van der Waals surface area contributed by atoms with Crippen molar-refractivity contribution in [2.45, 2.75) is 24.9 Å². The van der Waals surface area contributed by atoms with E-state index in [0.29, 0.717) is 11.4 Å². The first-order chi connectivity index (χ1) is 12.6. The molecular formula is C16H18F3NO6S. The summed E-state index contributed by atoms with van der Waals surface area (Å²) in [5.41, 5.74) is -4.97. The highest BCUT2D eigenvalue weighted by atomic mass is 32.2. The predicted octanol–water partition coefficient (Wildman–Crippen LogP) is 2.59. The minimum absolute atomic E-state index is 0.0431. The molecule has 0 amide bonds. The number of carbonyl (C=O) groups is 1. The molecule has 0 bridgehead atoms. The van der Waals surface area contributed by atoms with E-state index >= 15 is 0 Å². The van der Waals surface area contributed by atoms with Gasteiger partial charge in [0.1, 0.15) is 17.6 Å². The molecule has 1 atom stereocenters. The Hall–Kier alpha value is -2.43. The number of halogens is 3. The van der Waals surface area contributed by atoms with E-state index in [-0.39, 0.29) is 19.6 Å². The molecule has 11 heteroatoms. The third-order valence-electron chi connectivity index (χ3n) is 3.75. The van der Waals surface area contributed by atoms with Gasteiger partial charge in [0.25, 0.3) is 0 Å². The number of esters is 1. The molecule has 0 spiro atoms. The molecule has 1 heterocycles. The quantitative estimate of drug-likeness (QED) is 0.406. The van der Waals surface area contributed by atoms with E-state index in [9.17, 15) is 26.4 Å². The zero-order chi connectivity index (χ0) is 20.2. The molecule has 27 heavy (non-hydrogen) atoms. The number of carbonyl (C=O) groups excluding carboxylic acids is 1. The summed E-state index contributed by atoms with van der Waals surface area (Å²) >= 11 is 0. The molecule has 0 saturated heterocycles. The van der Waals surface area contributed by atoms with Crippen molar-refractivity contribution < 1.29 is 40.0 Å². The Morgan fingerprint density at radius 3 is 2.41 bits per heavy atom. The van der Waals surface area contributed by atoms with E-state index < -0.39 is 33.4 Å². The summed E-state index contributed by atoms with van der Waals surface area (Å²) in [7, 11) is -4.31. The van der Waals surface area contributed by atoms with E-state index in [2.05, 4.69) is 4.18 Å². The van der Waals surface area contributed by atoms with E-state index in [1.165, 1.54) is 13.2 Å². The number of methoxy groups -OCH3 is 1. The van der Waals surface area contributed by atoms with Crippen LogP contribution in [0.4, 0.5) is 18.9 Å². The molecule has 0 aliphatic carbocycles. The van der Waals surface area contributed by atoms with E-state index in [1.54, 1.807) is 36.1 Å². The molecule has 2 rings (SSSR count). The van der Waals surface area contributed by atoms with Gasteiger partial charge in [-0.05, 0) is 37.3 Å². The molecule has 0 saturated carbocycles. The fourth-order valence-electron chi connectivity index (χ4n) is 2.48. The van der Waals surface area contributed by atoms with E-state index in [4.69, 9.17) is 9.47 Å². The lowest BCUT2D eigenvalue weighted by Crippen LogP contribution is -2.45. The molecule has 0 aromatic heterocycles. The molecule has 0 N–H and O–H groups in total. The van der Waals surface area contributed by atoms with Crippen molar-refractivity contribution in [3.8, 4) is 5.75 Å². The number of nitrogens with zero attached hydrogens (tertiary/aromatic N) is 1. The van der Waals surface area contributed by atoms with Crippen LogP contribution < -0.4 is 9.64 Å². The largest absolute Gasteiger partial charge is 0.534 e. The van der Waals surface area contributed by atoms with Crippen molar-refractivity contribution in [3.05, 3.63) is 36.1 Å². The molecule has 0 radical (unpaired) electrons. The van der Waals surface area contributed by atoms with Crippen molar-refractivity contribution in [1.29, 1.82) is 0 Å². The second-order valence-electron chi connectivity index (χ2n) is 5.48. The van der Waals surface area contributed by atoms with Crippen LogP contribution in [0.15, 0.2) is 36.1 Å². The van der Waals surface area contributed by atoms with E-state index in [1.807, 2.05) is 0 Å². The number of alkyl halides is 3. The molecule has 0 unspecified atom stereocenters. The lowest BCUT2D eigenvalue weighted by Gasteiger charge is -2.34. The summed E-state index contributed by atoms with van der Waals surface area (Å²) in [4.78, 5) is 13.8. The molecule has 1 aromatic rings. The Balaban J connectivity index is 2.29. The van der Waals surface area contributed by atoms with Gasteiger partial charge in [-0.25, -0.2) is 4.79 Å². The number of rotatable bonds is 6. The van der Waals surface area contributed by atoms with Crippen LogP contribution in [0.2, 0.25) is 0 Å².